The van der Waals surface area contributed by atoms with Gasteiger partial charge in [0.2, 0.25) is 0 Å². The summed E-state index contributed by atoms with van der Waals surface area (Å²) in [6.07, 6.45) is 4.35. The Morgan fingerprint density at radius 3 is 2.64 bits per heavy atom. The molecule has 0 radical (unpaired) electrons. The van der Waals surface area contributed by atoms with Gasteiger partial charge in [0.15, 0.2) is 0 Å². The minimum absolute atomic E-state index is 0.00375. The molecule has 2 nitrogen and oxygen atoms in total. The quantitative estimate of drug-likeness (QED) is 0.759. The van der Waals surface area contributed by atoms with Crippen molar-refractivity contribution in [2.24, 2.45) is 12.8 Å². The highest BCUT2D eigenvalue weighted by Crippen LogP contribution is 2.43. The number of hydrogen-bond donors (Lipinski definition) is 1. The van der Waals surface area contributed by atoms with Gasteiger partial charge in [-0.15, -0.1) is 0 Å². The molecule has 1 aromatic rings. The molecule has 3 heteroatoms. The fourth-order valence-corrected chi connectivity index (χ4v) is 1.58. The number of nitrogens with two attached hydrogens (primary N) is 1. The van der Waals surface area contributed by atoms with E-state index in [-0.39, 0.29) is 5.54 Å². The van der Waals surface area contributed by atoms with Crippen molar-refractivity contribution in [1.82, 2.24) is 4.57 Å². The highest BCUT2D eigenvalue weighted by molar-refractivity contribution is 9.10. The molecule has 0 aromatic carbocycles. The molecule has 1 fully saturated rings. The second kappa shape index (κ2) is 2.11. The Bertz CT molecular complexity index is 267. The van der Waals surface area contributed by atoms with Crippen LogP contribution in [-0.4, -0.2) is 4.57 Å². The standard InChI is InChI=1S/C8H11BrN2/c1-11-5-6(4-7(11)9)8(10)2-3-8/h4-5H,2-3,10H2,1H3. The summed E-state index contributed by atoms with van der Waals surface area (Å²) in [6, 6.07) is 2.10. The molecular weight excluding hydrogens is 204 g/mol. The molecule has 0 aliphatic heterocycles. The first-order valence-electron chi connectivity index (χ1n) is 3.73. The maximum Gasteiger partial charge on any atom is 0.0847 e. The van der Waals surface area contributed by atoms with Gasteiger partial charge in [-0.25, -0.2) is 0 Å². The second-order valence-electron chi connectivity index (χ2n) is 3.32. The lowest BCUT2D eigenvalue weighted by Gasteiger charge is -2.02. The molecule has 0 amide bonds. The summed E-state index contributed by atoms with van der Waals surface area (Å²) in [5.74, 6) is 0. The maximum atomic E-state index is 6.02. The zero-order valence-electron chi connectivity index (χ0n) is 6.47. The van der Waals surface area contributed by atoms with E-state index >= 15 is 0 Å². The van der Waals surface area contributed by atoms with E-state index in [1.807, 2.05) is 11.6 Å². The summed E-state index contributed by atoms with van der Waals surface area (Å²) >= 11 is 3.44. The fraction of sp³-hybridized carbons (Fsp3) is 0.500. The van der Waals surface area contributed by atoms with E-state index in [9.17, 15) is 0 Å². The molecule has 11 heavy (non-hydrogen) atoms. The molecule has 1 aromatic heterocycles. The van der Waals surface area contributed by atoms with Crippen molar-refractivity contribution in [3.8, 4) is 0 Å². The van der Waals surface area contributed by atoms with E-state index in [1.165, 1.54) is 5.56 Å². The zero-order valence-corrected chi connectivity index (χ0v) is 8.06. The summed E-state index contributed by atoms with van der Waals surface area (Å²) in [5, 5.41) is 0. The van der Waals surface area contributed by atoms with Gasteiger partial charge in [-0.05, 0) is 40.4 Å². The lowest BCUT2D eigenvalue weighted by molar-refractivity contribution is 0.735. The topological polar surface area (TPSA) is 30.9 Å². The second-order valence-corrected chi connectivity index (χ2v) is 4.13. The molecule has 1 aliphatic rings. The molecule has 60 valence electrons. The molecule has 1 saturated carbocycles. The third-order valence-corrected chi connectivity index (χ3v) is 3.10. The Balaban J connectivity index is 2.39. The van der Waals surface area contributed by atoms with Gasteiger partial charge in [-0.1, -0.05) is 0 Å². The van der Waals surface area contributed by atoms with Crippen LogP contribution in [0.25, 0.3) is 0 Å². The molecule has 0 bridgehead atoms. The SMILES string of the molecule is Cn1cc(C2(N)CC2)cc1Br. The first kappa shape index (κ1) is 7.37. The number of rotatable bonds is 1. The summed E-state index contributed by atoms with van der Waals surface area (Å²) in [4.78, 5) is 0. The van der Waals surface area contributed by atoms with E-state index in [2.05, 4.69) is 28.2 Å². The van der Waals surface area contributed by atoms with Gasteiger partial charge in [-0.3, -0.25) is 0 Å². The monoisotopic (exact) mass is 214 g/mol. The lowest BCUT2D eigenvalue weighted by atomic mass is 10.1. The van der Waals surface area contributed by atoms with Crippen molar-refractivity contribution >= 4 is 15.9 Å². The van der Waals surface area contributed by atoms with Gasteiger partial charge in [0.1, 0.15) is 0 Å². The van der Waals surface area contributed by atoms with Gasteiger partial charge >= 0.3 is 0 Å². The van der Waals surface area contributed by atoms with Crippen molar-refractivity contribution in [3.63, 3.8) is 0 Å². The van der Waals surface area contributed by atoms with Crippen LogP contribution in [0.4, 0.5) is 0 Å². The van der Waals surface area contributed by atoms with E-state index in [1.54, 1.807) is 0 Å². The average Bonchev–Trinajstić information content (AvgIpc) is 2.59. The van der Waals surface area contributed by atoms with Crippen LogP contribution in [0.2, 0.25) is 0 Å². The molecule has 0 unspecified atom stereocenters. The predicted molar refractivity (Wildman–Crippen MR) is 48.2 cm³/mol. The normalized spacial score (nSPS) is 20.3. The first-order chi connectivity index (χ1) is 5.12. The minimum Gasteiger partial charge on any atom is -0.345 e. The van der Waals surface area contributed by atoms with E-state index in [4.69, 9.17) is 5.73 Å². The van der Waals surface area contributed by atoms with Gasteiger partial charge < -0.3 is 10.3 Å². The van der Waals surface area contributed by atoms with Crippen molar-refractivity contribution in [2.45, 2.75) is 18.4 Å². The van der Waals surface area contributed by atoms with Crippen molar-refractivity contribution in [2.75, 3.05) is 0 Å². The number of hydrogen-bond acceptors (Lipinski definition) is 1. The van der Waals surface area contributed by atoms with E-state index < -0.39 is 0 Å². The summed E-state index contributed by atoms with van der Waals surface area (Å²) in [7, 11) is 2.01. The van der Waals surface area contributed by atoms with Crippen LogP contribution < -0.4 is 5.73 Å². The first-order valence-corrected chi connectivity index (χ1v) is 4.52. The summed E-state index contributed by atoms with van der Waals surface area (Å²) in [6.45, 7) is 0. The van der Waals surface area contributed by atoms with Crippen LogP contribution >= 0.6 is 15.9 Å². The molecule has 0 atom stereocenters. The van der Waals surface area contributed by atoms with E-state index in [0.29, 0.717) is 0 Å². The van der Waals surface area contributed by atoms with Crippen LogP contribution in [-0.2, 0) is 12.6 Å². The van der Waals surface area contributed by atoms with Crippen molar-refractivity contribution < 1.29 is 0 Å². The molecule has 0 saturated heterocycles. The molecular formula is C8H11BrN2. The van der Waals surface area contributed by atoms with Crippen LogP contribution in [0.15, 0.2) is 16.9 Å². The minimum atomic E-state index is 0.00375. The summed E-state index contributed by atoms with van der Waals surface area (Å²) < 4.78 is 3.15. The van der Waals surface area contributed by atoms with Crippen molar-refractivity contribution in [3.05, 3.63) is 22.4 Å². The average molecular weight is 215 g/mol. The Morgan fingerprint density at radius 2 is 2.27 bits per heavy atom. The summed E-state index contributed by atoms with van der Waals surface area (Å²) in [5.41, 5.74) is 7.28. The Kier molecular flexibility index (Phi) is 1.41. The van der Waals surface area contributed by atoms with Gasteiger partial charge in [0.05, 0.1) is 4.60 Å². The Hall–Kier alpha value is -0.280. The number of aromatic nitrogens is 1. The number of nitrogens with zero attached hydrogens (tertiary/aromatic N) is 1. The lowest BCUT2D eigenvalue weighted by Crippen LogP contribution is -2.17. The third-order valence-electron chi connectivity index (χ3n) is 2.31. The molecule has 1 aliphatic carbocycles. The third kappa shape index (κ3) is 1.12. The van der Waals surface area contributed by atoms with Gasteiger partial charge in [0, 0.05) is 18.8 Å². The fourth-order valence-electron chi connectivity index (χ4n) is 1.23. The molecule has 0 spiro atoms. The zero-order chi connectivity index (χ0) is 8.06. The van der Waals surface area contributed by atoms with Crippen molar-refractivity contribution in [1.29, 1.82) is 0 Å². The van der Waals surface area contributed by atoms with Crippen LogP contribution in [0.3, 0.4) is 0 Å². The highest BCUT2D eigenvalue weighted by Gasteiger charge is 2.40. The van der Waals surface area contributed by atoms with Gasteiger partial charge in [0.25, 0.3) is 0 Å². The molecule has 1 heterocycles. The van der Waals surface area contributed by atoms with Crippen LogP contribution in [0, 0.1) is 0 Å². The Labute approximate surface area is 74.5 Å². The predicted octanol–water partition coefficient (Wildman–Crippen LogP) is 1.74. The maximum absolute atomic E-state index is 6.02. The number of halogens is 1. The van der Waals surface area contributed by atoms with E-state index in [0.717, 1.165) is 17.4 Å². The largest absolute Gasteiger partial charge is 0.345 e. The highest BCUT2D eigenvalue weighted by atomic mass is 79.9. The smallest absolute Gasteiger partial charge is 0.0847 e. The van der Waals surface area contributed by atoms with Gasteiger partial charge in [-0.2, -0.15) is 0 Å². The van der Waals surface area contributed by atoms with Crippen LogP contribution in [0.1, 0.15) is 18.4 Å². The molecule has 2 rings (SSSR count). The Morgan fingerprint density at radius 1 is 1.64 bits per heavy atom. The van der Waals surface area contributed by atoms with Crippen LogP contribution in [0.5, 0.6) is 0 Å². The molecule has 2 N–H and O–H groups in total. The number of aryl methyl sites for hydroxylation is 1.